The Morgan fingerprint density at radius 1 is 1.07 bits per heavy atom. The Morgan fingerprint density at radius 3 is 2.59 bits per heavy atom. The molecule has 0 spiro atoms. The molecule has 27 heavy (non-hydrogen) atoms. The summed E-state index contributed by atoms with van der Waals surface area (Å²) >= 11 is 0. The summed E-state index contributed by atoms with van der Waals surface area (Å²) < 4.78 is 12.5. The first-order chi connectivity index (χ1) is 13.2. The van der Waals surface area contributed by atoms with Crippen LogP contribution in [0.15, 0.2) is 54.6 Å². The molecular weight excluding hydrogens is 340 g/mol. The first-order valence-electron chi connectivity index (χ1n) is 9.37. The summed E-state index contributed by atoms with van der Waals surface area (Å²) in [5.74, 6) is 0.823. The highest BCUT2D eigenvalue weighted by Crippen LogP contribution is 2.34. The molecule has 0 aromatic heterocycles. The van der Waals surface area contributed by atoms with Crippen LogP contribution in [0.3, 0.4) is 0 Å². The van der Waals surface area contributed by atoms with Crippen molar-refractivity contribution in [2.45, 2.75) is 0 Å². The maximum Gasteiger partial charge on any atom is 0.258 e. The number of morpholine rings is 1. The van der Waals surface area contributed by atoms with Crippen LogP contribution in [0.5, 0.6) is 5.75 Å². The molecule has 0 radical (unpaired) electrons. The average molecular weight is 365 g/mol. The molecule has 1 fully saturated rings. The Hall–Kier alpha value is -2.63. The smallest absolute Gasteiger partial charge is 0.258 e. The molecule has 140 valence electrons. The Kier molecular flexibility index (Phi) is 5.23. The number of fused-ring (bicyclic) bond motifs is 1. The monoisotopic (exact) mass is 365 g/mol. The van der Waals surface area contributed by atoms with E-state index in [4.69, 9.17) is 9.47 Å². The molecule has 2 aliphatic rings. The second-order valence-electron chi connectivity index (χ2n) is 6.84. The van der Waals surface area contributed by atoms with E-state index in [1.165, 1.54) is 4.74 Å². The van der Waals surface area contributed by atoms with Crippen LogP contribution in [0.1, 0.15) is 16.7 Å². The number of hydrogen-bond donors (Lipinski definition) is 1. The van der Waals surface area contributed by atoms with Gasteiger partial charge < -0.3 is 9.47 Å². The van der Waals surface area contributed by atoms with Gasteiger partial charge in [0.25, 0.3) is 5.71 Å². The fourth-order valence-corrected chi connectivity index (χ4v) is 3.59. The molecule has 4 rings (SSSR count). The Balaban J connectivity index is 1.53. The van der Waals surface area contributed by atoms with Crippen molar-refractivity contribution in [1.82, 2.24) is 4.90 Å². The lowest BCUT2D eigenvalue weighted by molar-refractivity contribution is -0.753. The van der Waals surface area contributed by atoms with Crippen molar-refractivity contribution in [1.29, 1.82) is 0 Å². The quantitative estimate of drug-likeness (QED) is 0.503. The zero-order chi connectivity index (χ0) is 18.6. The third-order valence-corrected chi connectivity index (χ3v) is 5.05. The van der Waals surface area contributed by atoms with Gasteiger partial charge in [-0.2, -0.15) is 0 Å². The van der Waals surface area contributed by atoms with Gasteiger partial charge in [0.1, 0.15) is 12.4 Å². The zero-order valence-corrected chi connectivity index (χ0v) is 15.6. The SMILES string of the molecule is C/[N+](O)=C1\C=C(c2ccccc2)c2ccc(OCCN3CCOCC3)cc21. The number of nitrogens with zero attached hydrogens (tertiary/aromatic N) is 2. The van der Waals surface area contributed by atoms with E-state index in [0.29, 0.717) is 6.61 Å². The minimum absolute atomic E-state index is 0.641. The number of rotatable bonds is 5. The summed E-state index contributed by atoms with van der Waals surface area (Å²) in [5.41, 5.74) is 5.13. The van der Waals surface area contributed by atoms with Crippen molar-refractivity contribution in [3.05, 3.63) is 71.3 Å². The van der Waals surface area contributed by atoms with E-state index < -0.39 is 0 Å². The number of allylic oxidation sites excluding steroid dienone is 1. The number of hydroxylamine groups is 1. The van der Waals surface area contributed by atoms with Gasteiger partial charge in [0, 0.05) is 25.7 Å². The minimum atomic E-state index is 0.641. The van der Waals surface area contributed by atoms with Crippen molar-refractivity contribution in [3.63, 3.8) is 0 Å². The molecule has 0 unspecified atom stereocenters. The fraction of sp³-hybridized carbons (Fsp3) is 0.318. The van der Waals surface area contributed by atoms with E-state index in [1.54, 1.807) is 7.05 Å². The molecule has 1 aliphatic heterocycles. The highest BCUT2D eigenvalue weighted by molar-refractivity contribution is 6.19. The molecular formula is C22H25N2O3+. The van der Waals surface area contributed by atoms with Crippen LogP contribution in [0.2, 0.25) is 0 Å². The molecule has 1 aliphatic carbocycles. The zero-order valence-electron chi connectivity index (χ0n) is 15.6. The van der Waals surface area contributed by atoms with Crippen LogP contribution in [-0.2, 0) is 4.74 Å². The summed E-state index contributed by atoms with van der Waals surface area (Å²) in [6, 6.07) is 16.3. The summed E-state index contributed by atoms with van der Waals surface area (Å²) in [5, 5.41) is 10.1. The standard InChI is InChI=1S/C22H25N2O3/c1-23(25)22-16-20(17-5-3-2-4-6-17)19-8-7-18(15-21(19)22)27-14-11-24-9-12-26-13-10-24/h2-8,15-16,25H,9-14H2,1H3/q+1/b23-22-. The van der Waals surface area contributed by atoms with Gasteiger partial charge in [-0.3, -0.25) is 10.1 Å². The summed E-state index contributed by atoms with van der Waals surface area (Å²) in [4.78, 5) is 2.35. The highest BCUT2D eigenvalue weighted by Gasteiger charge is 2.27. The van der Waals surface area contributed by atoms with Gasteiger partial charge in [-0.05, 0) is 39.6 Å². The fourth-order valence-electron chi connectivity index (χ4n) is 3.59. The Morgan fingerprint density at radius 2 is 1.85 bits per heavy atom. The average Bonchev–Trinajstić information content (AvgIpc) is 3.09. The van der Waals surface area contributed by atoms with E-state index >= 15 is 0 Å². The van der Waals surface area contributed by atoms with Gasteiger partial charge in [0.05, 0.1) is 18.8 Å². The van der Waals surface area contributed by atoms with E-state index in [9.17, 15) is 5.21 Å². The van der Waals surface area contributed by atoms with Crippen LogP contribution < -0.4 is 4.74 Å². The van der Waals surface area contributed by atoms with Gasteiger partial charge in [0.2, 0.25) is 0 Å². The lowest BCUT2D eigenvalue weighted by Crippen LogP contribution is -2.38. The molecule has 2 aromatic carbocycles. The van der Waals surface area contributed by atoms with Gasteiger partial charge in [0.15, 0.2) is 7.05 Å². The van der Waals surface area contributed by atoms with Crippen LogP contribution >= 0.6 is 0 Å². The second kappa shape index (κ2) is 7.94. The topological polar surface area (TPSA) is 44.9 Å². The van der Waals surface area contributed by atoms with Gasteiger partial charge in [-0.25, -0.2) is 0 Å². The molecule has 0 amide bonds. The van der Waals surface area contributed by atoms with Gasteiger partial charge in [-0.1, -0.05) is 30.3 Å². The molecule has 0 saturated carbocycles. The summed E-state index contributed by atoms with van der Waals surface area (Å²) in [6.45, 7) is 5.06. The first-order valence-corrected chi connectivity index (χ1v) is 9.37. The van der Waals surface area contributed by atoms with Crippen molar-refractivity contribution in [2.75, 3.05) is 46.5 Å². The van der Waals surface area contributed by atoms with Crippen LogP contribution in [0, 0.1) is 0 Å². The number of benzene rings is 2. The molecule has 1 N–H and O–H groups in total. The molecule has 5 heteroatoms. The predicted octanol–water partition coefficient (Wildman–Crippen LogP) is 2.66. The van der Waals surface area contributed by atoms with Crippen LogP contribution in [0.4, 0.5) is 0 Å². The number of hydrogen-bond acceptors (Lipinski definition) is 4. The lowest BCUT2D eigenvalue weighted by Gasteiger charge is -2.26. The van der Waals surface area contributed by atoms with E-state index in [1.807, 2.05) is 36.4 Å². The highest BCUT2D eigenvalue weighted by atomic mass is 16.5. The maximum atomic E-state index is 10.1. The Bertz CT molecular complexity index is 864. The van der Waals surface area contributed by atoms with Gasteiger partial charge in [-0.15, -0.1) is 0 Å². The van der Waals surface area contributed by atoms with E-state index in [2.05, 4.69) is 23.1 Å². The molecule has 5 nitrogen and oxygen atoms in total. The first kappa shape index (κ1) is 17.8. The third kappa shape index (κ3) is 3.89. The maximum absolute atomic E-state index is 10.1. The van der Waals surface area contributed by atoms with Crippen molar-refractivity contribution in [2.24, 2.45) is 0 Å². The molecule has 1 saturated heterocycles. The van der Waals surface area contributed by atoms with Crippen molar-refractivity contribution in [3.8, 4) is 5.75 Å². The normalized spacial score (nSPS) is 18.8. The summed E-state index contributed by atoms with van der Waals surface area (Å²) in [6.07, 6.45) is 2.03. The molecule has 0 bridgehead atoms. The van der Waals surface area contributed by atoms with Crippen LogP contribution in [-0.4, -0.2) is 67.1 Å². The van der Waals surface area contributed by atoms with Crippen molar-refractivity contribution < 1.29 is 19.4 Å². The molecule has 0 atom stereocenters. The van der Waals surface area contributed by atoms with Crippen LogP contribution in [0.25, 0.3) is 5.57 Å². The van der Waals surface area contributed by atoms with E-state index in [0.717, 1.165) is 66.6 Å². The third-order valence-electron chi connectivity index (χ3n) is 5.05. The van der Waals surface area contributed by atoms with Crippen molar-refractivity contribution >= 4 is 11.3 Å². The summed E-state index contributed by atoms with van der Waals surface area (Å²) in [7, 11) is 1.65. The van der Waals surface area contributed by atoms with E-state index in [-0.39, 0.29) is 0 Å². The van der Waals surface area contributed by atoms with Gasteiger partial charge >= 0.3 is 0 Å². The second-order valence-corrected chi connectivity index (χ2v) is 6.84. The minimum Gasteiger partial charge on any atom is -0.492 e. The molecule has 1 heterocycles. The Labute approximate surface area is 159 Å². The largest absolute Gasteiger partial charge is 0.492 e. The number of ether oxygens (including phenoxy) is 2. The lowest BCUT2D eigenvalue weighted by atomic mass is 9.99. The molecule has 2 aromatic rings. The predicted molar refractivity (Wildman–Crippen MR) is 105 cm³/mol.